The van der Waals surface area contributed by atoms with Gasteiger partial charge in [0.1, 0.15) is 5.58 Å². The molecule has 3 rings (SSSR count). The molecule has 0 aliphatic carbocycles. The number of hydrogen-bond donors (Lipinski definition) is 3. The van der Waals surface area contributed by atoms with Gasteiger partial charge in [0.05, 0.1) is 5.39 Å². The Kier molecular flexibility index (Phi) is 10.8. The molecular formula is C27H26O14S. The Labute approximate surface area is 238 Å². The zero-order valence-electron chi connectivity index (χ0n) is 21.9. The lowest BCUT2D eigenvalue weighted by Gasteiger charge is -2.14. The second-order valence-electron chi connectivity index (χ2n) is 8.91. The van der Waals surface area contributed by atoms with Crippen LogP contribution in [0.3, 0.4) is 0 Å². The number of carboxylic acid groups (broad SMARTS) is 2. The number of carbonyl (C=O) groups excluding carboxylic acids is 2. The van der Waals surface area contributed by atoms with Crippen molar-refractivity contribution in [2.75, 3.05) is 0 Å². The van der Waals surface area contributed by atoms with Crippen LogP contribution in [0.15, 0.2) is 51.7 Å². The van der Waals surface area contributed by atoms with E-state index in [9.17, 15) is 36.9 Å². The fourth-order valence-electron chi connectivity index (χ4n) is 3.75. The molecule has 3 aromatic rings. The minimum atomic E-state index is -5.18. The molecule has 224 valence electrons. The average Bonchev–Trinajstić information content (AvgIpc) is 2.91. The maximum atomic E-state index is 13.0. The number of benzene rings is 2. The Morgan fingerprint density at radius 1 is 0.762 bits per heavy atom. The monoisotopic (exact) mass is 606 g/mol. The van der Waals surface area contributed by atoms with Crippen molar-refractivity contribution in [2.24, 2.45) is 0 Å². The van der Waals surface area contributed by atoms with E-state index in [1.165, 1.54) is 30.3 Å². The molecule has 3 N–H and O–H groups in total. The molecule has 0 radical (unpaired) electrons. The Hall–Kier alpha value is -4.76. The summed E-state index contributed by atoms with van der Waals surface area (Å²) in [6, 6.07) is 9.37. The first kappa shape index (κ1) is 31.8. The largest absolute Gasteiger partial charge is 0.481 e. The Bertz CT molecular complexity index is 1660. The van der Waals surface area contributed by atoms with Gasteiger partial charge >= 0.3 is 34.3 Å². The Morgan fingerprint density at radius 2 is 1.31 bits per heavy atom. The number of ether oxygens (including phenoxy) is 2. The van der Waals surface area contributed by atoms with Crippen LogP contribution in [0, 0.1) is 0 Å². The molecule has 15 heteroatoms. The second-order valence-corrected chi connectivity index (χ2v) is 9.93. The smallest absolute Gasteiger partial charge is 0.446 e. The first-order valence-corrected chi connectivity index (χ1v) is 13.9. The van der Waals surface area contributed by atoms with Crippen molar-refractivity contribution >= 4 is 45.2 Å². The van der Waals surface area contributed by atoms with Gasteiger partial charge in [-0.25, -0.2) is 0 Å². The molecule has 0 aliphatic heterocycles. The number of fused-ring (bicyclic) bond motifs is 1. The maximum absolute atomic E-state index is 13.0. The average molecular weight is 607 g/mol. The molecule has 0 saturated carbocycles. The molecular weight excluding hydrogens is 580 g/mol. The highest BCUT2D eigenvalue weighted by Crippen LogP contribution is 2.38. The van der Waals surface area contributed by atoms with Gasteiger partial charge in [0, 0.05) is 31.2 Å². The van der Waals surface area contributed by atoms with Crippen molar-refractivity contribution in [3.05, 3.63) is 52.7 Å². The van der Waals surface area contributed by atoms with Gasteiger partial charge in [-0.2, -0.15) is 8.42 Å². The molecule has 42 heavy (non-hydrogen) atoms. The number of unbranched alkanes of at least 4 members (excludes halogenated alkanes) is 2. The standard InChI is InChI=1S/C27H26O14S/c28-21(29)9-3-5-11-23(32)38-19-14-13-16(15-20(19)39-24(33)12-6-4-10-22(30)31)26-27(41-42(35,36)37)25(34)17-7-1-2-8-18(17)40-26/h1-2,7-8,13-15H,3-6,9-12H2,(H,28,29)(H,30,31)(H,35,36,37). The van der Waals surface area contributed by atoms with Crippen LogP contribution in [0.4, 0.5) is 0 Å². The number of carboxylic acids is 2. The number of aliphatic carboxylic acids is 2. The molecule has 0 saturated heterocycles. The van der Waals surface area contributed by atoms with E-state index in [1.54, 1.807) is 6.07 Å². The molecule has 0 atom stereocenters. The number of para-hydroxylation sites is 1. The Morgan fingerprint density at radius 3 is 1.88 bits per heavy atom. The van der Waals surface area contributed by atoms with Gasteiger partial charge < -0.3 is 28.3 Å². The van der Waals surface area contributed by atoms with Gasteiger partial charge in [-0.15, -0.1) is 0 Å². The zero-order valence-corrected chi connectivity index (χ0v) is 22.8. The number of hydrogen-bond acceptors (Lipinski definition) is 11. The molecule has 0 spiro atoms. The summed E-state index contributed by atoms with van der Waals surface area (Å²) < 4.78 is 53.3. The van der Waals surface area contributed by atoms with Gasteiger partial charge in [0.25, 0.3) is 0 Å². The third-order valence-corrected chi connectivity index (χ3v) is 6.02. The first-order valence-electron chi connectivity index (χ1n) is 12.6. The minimum Gasteiger partial charge on any atom is -0.481 e. The second kappa shape index (κ2) is 14.2. The number of rotatable bonds is 15. The molecule has 0 amide bonds. The van der Waals surface area contributed by atoms with Crippen molar-refractivity contribution in [1.82, 2.24) is 0 Å². The third kappa shape index (κ3) is 9.42. The summed E-state index contributed by atoms with van der Waals surface area (Å²) in [4.78, 5) is 59.3. The van der Waals surface area contributed by atoms with Crippen LogP contribution < -0.4 is 19.1 Å². The van der Waals surface area contributed by atoms with Crippen molar-refractivity contribution in [3.63, 3.8) is 0 Å². The molecule has 0 fully saturated rings. The molecule has 0 unspecified atom stereocenters. The van der Waals surface area contributed by atoms with Gasteiger partial charge in [0.2, 0.25) is 11.2 Å². The molecule has 2 aromatic carbocycles. The summed E-state index contributed by atoms with van der Waals surface area (Å²) in [7, 11) is -5.18. The fraction of sp³-hybridized carbons (Fsp3) is 0.296. The maximum Gasteiger partial charge on any atom is 0.446 e. The third-order valence-electron chi connectivity index (χ3n) is 5.64. The number of carbonyl (C=O) groups is 4. The SMILES string of the molecule is O=C(O)CCCCC(=O)Oc1ccc(-c2oc3ccccc3c(=O)c2OS(=O)(=O)O)cc1OC(=O)CCCCC(=O)O. The summed E-state index contributed by atoms with van der Waals surface area (Å²) in [5, 5.41) is 17.5. The van der Waals surface area contributed by atoms with Gasteiger partial charge in [-0.1, -0.05) is 12.1 Å². The summed E-state index contributed by atoms with van der Waals surface area (Å²) in [6.45, 7) is 0. The highest BCUT2D eigenvalue weighted by molar-refractivity contribution is 7.81. The topological polar surface area (TPSA) is 221 Å². The molecule has 0 aliphatic rings. The van der Waals surface area contributed by atoms with Crippen molar-refractivity contribution in [3.8, 4) is 28.6 Å². The highest BCUT2D eigenvalue weighted by atomic mass is 32.3. The summed E-state index contributed by atoms with van der Waals surface area (Å²) in [5.74, 6) is -5.54. The highest BCUT2D eigenvalue weighted by Gasteiger charge is 2.24. The van der Waals surface area contributed by atoms with Crippen LogP contribution in [-0.2, 0) is 29.6 Å². The summed E-state index contributed by atoms with van der Waals surface area (Å²) >= 11 is 0. The van der Waals surface area contributed by atoms with Crippen LogP contribution in [0.5, 0.6) is 17.2 Å². The van der Waals surface area contributed by atoms with Gasteiger partial charge in [-0.3, -0.25) is 28.5 Å². The van der Waals surface area contributed by atoms with Crippen molar-refractivity contribution in [2.45, 2.75) is 51.4 Å². The van der Waals surface area contributed by atoms with Gasteiger partial charge in [-0.05, 0) is 56.0 Å². The predicted octanol–water partition coefficient (Wildman–Crippen LogP) is 3.74. The molecule has 1 heterocycles. The van der Waals surface area contributed by atoms with E-state index in [1.807, 2.05) is 0 Å². The van der Waals surface area contributed by atoms with Crippen LogP contribution in [-0.4, -0.2) is 47.1 Å². The first-order chi connectivity index (χ1) is 19.8. The van der Waals surface area contributed by atoms with Crippen LogP contribution in [0.1, 0.15) is 51.4 Å². The van der Waals surface area contributed by atoms with Crippen molar-refractivity contribution in [1.29, 1.82) is 0 Å². The summed E-state index contributed by atoms with van der Waals surface area (Å²) in [5.41, 5.74) is -0.959. The normalized spacial score (nSPS) is 11.2. The quantitative estimate of drug-likeness (QED) is 0.0971. The van der Waals surface area contributed by atoms with Crippen LogP contribution in [0.25, 0.3) is 22.3 Å². The van der Waals surface area contributed by atoms with Crippen molar-refractivity contribution < 1.29 is 60.4 Å². The molecule has 14 nitrogen and oxygen atoms in total. The molecule has 1 aromatic heterocycles. The zero-order chi connectivity index (χ0) is 30.9. The van der Waals surface area contributed by atoms with E-state index in [0.29, 0.717) is 0 Å². The lowest BCUT2D eigenvalue weighted by Crippen LogP contribution is -2.15. The Balaban J connectivity index is 1.99. The van der Waals surface area contributed by atoms with Crippen LogP contribution in [0.2, 0.25) is 0 Å². The number of esters is 2. The van der Waals surface area contributed by atoms with E-state index in [-0.39, 0.29) is 79.4 Å². The van der Waals surface area contributed by atoms with E-state index in [4.69, 9.17) is 24.1 Å². The summed E-state index contributed by atoms with van der Waals surface area (Å²) in [6.07, 6.45) is 0.157. The minimum absolute atomic E-state index is 0.0361. The predicted molar refractivity (Wildman–Crippen MR) is 144 cm³/mol. The van der Waals surface area contributed by atoms with E-state index in [0.717, 1.165) is 6.07 Å². The van der Waals surface area contributed by atoms with E-state index < -0.39 is 51.2 Å². The van der Waals surface area contributed by atoms with E-state index in [2.05, 4.69) is 4.18 Å². The molecule has 0 bridgehead atoms. The lowest BCUT2D eigenvalue weighted by atomic mass is 10.1. The van der Waals surface area contributed by atoms with Gasteiger partial charge in [0.15, 0.2) is 17.3 Å². The lowest BCUT2D eigenvalue weighted by molar-refractivity contribution is -0.139. The fourth-order valence-corrected chi connectivity index (χ4v) is 4.11. The van der Waals surface area contributed by atoms with Crippen LogP contribution >= 0.6 is 0 Å². The van der Waals surface area contributed by atoms with E-state index >= 15 is 0 Å².